The van der Waals surface area contributed by atoms with E-state index in [1.54, 1.807) is 0 Å². The van der Waals surface area contributed by atoms with Crippen molar-refractivity contribution < 1.29 is 22.7 Å². The summed E-state index contributed by atoms with van der Waals surface area (Å²) in [5, 5.41) is 0. The van der Waals surface area contributed by atoms with E-state index in [2.05, 4.69) is 4.74 Å². The molecule has 0 heterocycles. The van der Waals surface area contributed by atoms with Crippen LogP contribution in [0.5, 0.6) is 5.75 Å². The lowest BCUT2D eigenvalue weighted by Crippen LogP contribution is -2.31. The summed E-state index contributed by atoms with van der Waals surface area (Å²) in [6, 6.07) is 5.53. The van der Waals surface area contributed by atoms with Crippen LogP contribution in [0.3, 0.4) is 0 Å². The molecule has 0 fully saturated rings. The molecule has 6 heteroatoms. The number of carbonyl (C=O) groups is 1. The maximum atomic E-state index is 12.2. The van der Waals surface area contributed by atoms with Crippen LogP contribution in [0.15, 0.2) is 24.3 Å². The number of carbonyl (C=O) groups excluding carboxylic acids is 1. The number of primary amides is 1. The molecular weight excluding hydrogens is 223 g/mol. The Morgan fingerprint density at radius 1 is 1.38 bits per heavy atom. The zero-order valence-electron chi connectivity index (χ0n) is 8.41. The molecule has 0 aromatic heterocycles. The molecule has 0 aliphatic rings. The first-order valence-electron chi connectivity index (χ1n) is 4.44. The van der Waals surface area contributed by atoms with Crippen molar-refractivity contribution in [3.05, 3.63) is 29.8 Å². The fraction of sp³-hybridized carbons (Fsp3) is 0.300. The number of ether oxygens (including phenoxy) is 1. The van der Waals surface area contributed by atoms with Crippen LogP contribution < -0.4 is 10.5 Å². The highest BCUT2D eigenvalue weighted by Gasteiger charge is 2.38. The third-order valence-electron chi connectivity index (χ3n) is 1.92. The van der Waals surface area contributed by atoms with Gasteiger partial charge in [-0.15, -0.1) is 0 Å². The number of halogens is 3. The fourth-order valence-electron chi connectivity index (χ4n) is 1.03. The predicted molar refractivity (Wildman–Crippen MR) is 51.1 cm³/mol. The van der Waals surface area contributed by atoms with Gasteiger partial charge in [-0.2, -0.15) is 13.2 Å². The van der Waals surface area contributed by atoms with E-state index in [4.69, 9.17) is 5.73 Å². The highest BCUT2D eigenvalue weighted by Crippen LogP contribution is 2.26. The Kier molecular flexibility index (Phi) is 3.41. The van der Waals surface area contributed by atoms with Gasteiger partial charge in [0.1, 0.15) is 5.75 Å². The van der Waals surface area contributed by atoms with Gasteiger partial charge in [0.25, 0.3) is 5.91 Å². The monoisotopic (exact) mass is 233 g/mol. The Bertz CT molecular complexity index is 390. The molecule has 0 aliphatic carbocycles. The zero-order valence-corrected chi connectivity index (χ0v) is 8.41. The van der Waals surface area contributed by atoms with Gasteiger partial charge in [0.05, 0.1) is 5.56 Å². The molecule has 0 aliphatic heterocycles. The summed E-state index contributed by atoms with van der Waals surface area (Å²) in [7, 11) is 0. The summed E-state index contributed by atoms with van der Waals surface area (Å²) < 4.78 is 41.3. The molecule has 0 unspecified atom stereocenters. The summed E-state index contributed by atoms with van der Waals surface area (Å²) in [5.74, 6) is -0.996. The Balaban J connectivity index is 2.93. The number of para-hydroxylation sites is 1. The van der Waals surface area contributed by atoms with E-state index in [0.717, 1.165) is 6.92 Å². The van der Waals surface area contributed by atoms with Gasteiger partial charge in [0.2, 0.25) is 0 Å². The van der Waals surface area contributed by atoms with Crippen molar-refractivity contribution >= 4 is 5.91 Å². The molecule has 1 rings (SSSR count). The van der Waals surface area contributed by atoms with Crippen molar-refractivity contribution in [1.82, 2.24) is 0 Å². The van der Waals surface area contributed by atoms with Crippen LogP contribution in [0.1, 0.15) is 17.3 Å². The quantitative estimate of drug-likeness (QED) is 0.869. The number of alkyl halides is 3. The van der Waals surface area contributed by atoms with E-state index >= 15 is 0 Å². The summed E-state index contributed by atoms with van der Waals surface area (Å²) >= 11 is 0. The summed E-state index contributed by atoms with van der Waals surface area (Å²) in [6.45, 7) is 0.859. The van der Waals surface area contributed by atoms with E-state index in [9.17, 15) is 18.0 Å². The topological polar surface area (TPSA) is 52.3 Å². The molecule has 0 saturated heterocycles. The van der Waals surface area contributed by atoms with Crippen molar-refractivity contribution in [3.8, 4) is 5.75 Å². The number of rotatable bonds is 3. The molecule has 2 N–H and O–H groups in total. The van der Waals surface area contributed by atoms with Gasteiger partial charge in [-0.1, -0.05) is 12.1 Å². The third kappa shape index (κ3) is 2.88. The zero-order chi connectivity index (χ0) is 12.3. The second-order valence-corrected chi connectivity index (χ2v) is 3.16. The highest BCUT2D eigenvalue weighted by atomic mass is 19.4. The molecule has 0 bridgehead atoms. The Morgan fingerprint density at radius 2 is 1.94 bits per heavy atom. The van der Waals surface area contributed by atoms with Crippen LogP contribution in [0.2, 0.25) is 0 Å². The molecule has 16 heavy (non-hydrogen) atoms. The van der Waals surface area contributed by atoms with Gasteiger partial charge in [-0.25, -0.2) is 0 Å². The van der Waals surface area contributed by atoms with Crippen molar-refractivity contribution in [2.45, 2.75) is 19.2 Å². The van der Waals surface area contributed by atoms with Crippen LogP contribution in [0.25, 0.3) is 0 Å². The summed E-state index contributed by atoms with van der Waals surface area (Å²) in [6.07, 6.45) is -6.47. The maximum Gasteiger partial charge on any atom is 0.425 e. The lowest BCUT2D eigenvalue weighted by Gasteiger charge is -2.18. The van der Waals surface area contributed by atoms with E-state index < -0.39 is 18.2 Å². The second-order valence-electron chi connectivity index (χ2n) is 3.16. The van der Waals surface area contributed by atoms with Gasteiger partial charge in [-0.3, -0.25) is 4.79 Å². The molecule has 0 spiro atoms. The Morgan fingerprint density at radius 3 is 2.44 bits per heavy atom. The minimum Gasteiger partial charge on any atom is -0.480 e. The van der Waals surface area contributed by atoms with Gasteiger partial charge in [0, 0.05) is 0 Å². The van der Waals surface area contributed by atoms with Gasteiger partial charge in [0.15, 0.2) is 6.10 Å². The first kappa shape index (κ1) is 12.4. The fourth-order valence-corrected chi connectivity index (χ4v) is 1.03. The molecule has 0 radical (unpaired) electrons. The predicted octanol–water partition coefficient (Wildman–Crippen LogP) is 2.12. The van der Waals surface area contributed by atoms with Gasteiger partial charge >= 0.3 is 6.18 Å². The lowest BCUT2D eigenvalue weighted by atomic mass is 10.2. The minimum absolute atomic E-state index is 0.0707. The average molecular weight is 233 g/mol. The Labute approximate surface area is 90.0 Å². The molecule has 1 aromatic carbocycles. The van der Waals surface area contributed by atoms with Crippen molar-refractivity contribution in [1.29, 1.82) is 0 Å². The smallest absolute Gasteiger partial charge is 0.425 e. The normalized spacial score (nSPS) is 13.2. The molecule has 1 aromatic rings. The van der Waals surface area contributed by atoms with Gasteiger partial charge < -0.3 is 10.5 Å². The molecular formula is C10H10F3NO2. The van der Waals surface area contributed by atoms with Crippen molar-refractivity contribution in [2.75, 3.05) is 0 Å². The second kappa shape index (κ2) is 4.42. The largest absolute Gasteiger partial charge is 0.480 e. The van der Waals surface area contributed by atoms with Crippen LogP contribution >= 0.6 is 0 Å². The molecule has 1 atom stereocenters. The van der Waals surface area contributed by atoms with E-state index in [1.807, 2.05) is 0 Å². The van der Waals surface area contributed by atoms with Crippen LogP contribution in [-0.2, 0) is 0 Å². The van der Waals surface area contributed by atoms with E-state index in [0.29, 0.717) is 0 Å². The van der Waals surface area contributed by atoms with Crippen LogP contribution in [0, 0.1) is 0 Å². The number of hydrogen-bond donors (Lipinski definition) is 1. The Hall–Kier alpha value is -1.72. The third-order valence-corrected chi connectivity index (χ3v) is 1.92. The molecule has 0 saturated carbocycles. The number of hydrogen-bond acceptors (Lipinski definition) is 2. The maximum absolute atomic E-state index is 12.2. The molecule has 88 valence electrons. The standard InChI is InChI=1S/C10H10F3NO2/c1-6(10(11,12)13)16-8-5-3-2-4-7(8)9(14)15/h2-6H,1H3,(H2,14,15)/t6-/m0/s1. The molecule has 3 nitrogen and oxygen atoms in total. The van der Waals surface area contributed by atoms with Gasteiger partial charge in [-0.05, 0) is 19.1 Å². The molecule has 1 amide bonds. The average Bonchev–Trinajstić information content (AvgIpc) is 2.16. The number of amides is 1. The lowest BCUT2D eigenvalue weighted by molar-refractivity contribution is -0.189. The van der Waals surface area contributed by atoms with Crippen LogP contribution in [0.4, 0.5) is 13.2 Å². The first-order valence-corrected chi connectivity index (χ1v) is 4.44. The number of nitrogens with two attached hydrogens (primary N) is 1. The highest BCUT2D eigenvalue weighted by molar-refractivity contribution is 5.95. The summed E-state index contributed by atoms with van der Waals surface area (Å²) in [4.78, 5) is 10.9. The van der Waals surface area contributed by atoms with Crippen molar-refractivity contribution in [2.24, 2.45) is 5.73 Å². The van der Waals surface area contributed by atoms with E-state index in [1.165, 1.54) is 24.3 Å². The SMILES string of the molecule is C[C@H](Oc1ccccc1C(N)=O)C(F)(F)F. The number of benzene rings is 1. The minimum atomic E-state index is -4.48. The summed E-state index contributed by atoms with van der Waals surface area (Å²) in [5.41, 5.74) is 4.93. The van der Waals surface area contributed by atoms with Crippen LogP contribution in [-0.4, -0.2) is 18.2 Å². The van der Waals surface area contributed by atoms with Crippen molar-refractivity contribution in [3.63, 3.8) is 0 Å². The van der Waals surface area contributed by atoms with E-state index in [-0.39, 0.29) is 11.3 Å². The first-order chi connectivity index (χ1) is 7.32.